The van der Waals surface area contributed by atoms with E-state index in [0.717, 1.165) is 12.8 Å². The summed E-state index contributed by atoms with van der Waals surface area (Å²) in [5.74, 6) is -0.340. The summed E-state index contributed by atoms with van der Waals surface area (Å²) in [7, 11) is 1.91. The summed E-state index contributed by atoms with van der Waals surface area (Å²) in [6.45, 7) is 1.25. The fraction of sp³-hybridized carbons (Fsp3) is 0.600. The number of hydrogen-bond donors (Lipinski definition) is 0. The van der Waals surface area contributed by atoms with Crippen LogP contribution in [0.4, 0.5) is 9.18 Å². The largest absolute Gasteiger partial charge is 0.487 e. The predicted molar refractivity (Wildman–Crippen MR) is 96.4 cm³/mol. The Labute approximate surface area is 154 Å². The van der Waals surface area contributed by atoms with Gasteiger partial charge in [-0.2, -0.15) is 5.26 Å². The number of carbonyl (C=O) groups is 1. The molecule has 3 rings (SSSR count). The molecule has 1 aromatic rings. The van der Waals surface area contributed by atoms with Crippen molar-refractivity contribution in [3.05, 3.63) is 29.6 Å². The van der Waals surface area contributed by atoms with Gasteiger partial charge in [-0.1, -0.05) is 19.3 Å². The molecule has 140 valence electrons. The standard InChI is InChI=1S/C20H26FN3O2/c1-23(16-5-3-2-4-6-16)20(25)24-11-9-17(10-12-24)26-19-8-7-15(14-22)13-18(19)21/h7-8,13,16-17H,2-6,9-12H2,1H3. The molecule has 1 saturated carbocycles. The second-order valence-corrected chi connectivity index (χ2v) is 7.25. The highest BCUT2D eigenvalue weighted by Gasteiger charge is 2.29. The van der Waals surface area contributed by atoms with Crippen LogP contribution >= 0.6 is 0 Å². The Balaban J connectivity index is 1.51. The summed E-state index contributed by atoms with van der Waals surface area (Å²) in [5.41, 5.74) is 0.279. The van der Waals surface area contributed by atoms with E-state index in [-0.39, 0.29) is 23.4 Å². The van der Waals surface area contributed by atoms with Crippen LogP contribution in [0.3, 0.4) is 0 Å². The topological polar surface area (TPSA) is 56.6 Å². The number of benzene rings is 1. The minimum Gasteiger partial charge on any atom is -0.487 e. The lowest BCUT2D eigenvalue weighted by molar-refractivity contribution is 0.0861. The van der Waals surface area contributed by atoms with Crippen molar-refractivity contribution in [1.82, 2.24) is 9.80 Å². The molecule has 2 fully saturated rings. The van der Waals surface area contributed by atoms with Gasteiger partial charge in [-0.25, -0.2) is 9.18 Å². The van der Waals surface area contributed by atoms with Crippen LogP contribution in [0.2, 0.25) is 0 Å². The number of nitriles is 1. The van der Waals surface area contributed by atoms with Gasteiger partial charge < -0.3 is 14.5 Å². The number of urea groups is 1. The van der Waals surface area contributed by atoms with E-state index in [1.807, 2.05) is 22.9 Å². The normalized spacial score (nSPS) is 19.0. The summed E-state index contributed by atoms with van der Waals surface area (Å²) in [4.78, 5) is 16.5. The number of carbonyl (C=O) groups excluding carboxylic acids is 1. The Morgan fingerprint density at radius 2 is 1.92 bits per heavy atom. The van der Waals surface area contributed by atoms with Crippen molar-refractivity contribution in [3.63, 3.8) is 0 Å². The second kappa shape index (κ2) is 8.39. The number of piperidine rings is 1. The molecule has 0 spiro atoms. The molecule has 0 radical (unpaired) electrons. The van der Waals surface area contributed by atoms with Crippen LogP contribution in [-0.2, 0) is 0 Å². The predicted octanol–water partition coefficient (Wildman–Crippen LogP) is 3.93. The van der Waals surface area contributed by atoms with Crippen molar-refractivity contribution in [2.24, 2.45) is 0 Å². The molecular formula is C20H26FN3O2. The van der Waals surface area contributed by atoms with Crippen molar-refractivity contribution in [3.8, 4) is 11.8 Å². The van der Waals surface area contributed by atoms with Gasteiger partial charge in [-0.15, -0.1) is 0 Å². The molecule has 5 nitrogen and oxygen atoms in total. The maximum atomic E-state index is 14.0. The molecule has 6 heteroatoms. The van der Waals surface area contributed by atoms with Gasteiger partial charge in [-0.05, 0) is 31.0 Å². The average Bonchev–Trinajstić information content (AvgIpc) is 2.69. The van der Waals surface area contributed by atoms with Gasteiger partial charge in [0, 0.05) is 39.0 Å². The van der Waals surface area contributed by atoms with Crippen LogP contribution in [-0.4, -0.2) is 48.1 Å². The first-order chi connectivity index (χ1) is 12.6. The zero-order valence-corrected chi connectivity index (χ0v) is 15.3. The third-order valence-electron chi connectivity index (χ3n) is 5.49. The summed E-state index contributed by atoms with van der Waals surface area (Å²) in [5, 5.41) is 8.80. The molecule has 26 heavy (non-hydrogen) atoms. The summed E-state index contributed by atoms with van der Waals surface area (Å²) in [6, 6.07) is 6.61. The van der Waals surface area contributed by atoms with E-state index in [1.54, 1.807) is 6.07 Å². The minimum atomic E-state index is -0.514. The van der Waals surface area contributed by atoms with Crippen LogP contribution in [0.25, 0.3) is 0 Å². The maximum absolute atomic E-state index is 14.0. The first-order valence-electron chi connectivity index (χ1n) is 9.46. The van der Waals surface area contributed by atoms with Crippen LogP contribution in [0, 0.1) is 17.1 Å². The first kappa shape index (κ1) is 18.5. The van der Waals surface area contributed by atoms with Crippen molar-refractivity contribution >= 4 is 6.03 Å². The number of nitrogens with zero attached hydrogens (tertiary/aromatic N) is 3. The Morgan fingerprint density at radius 3 is 2.54 bits per heavy atom. The molecule has 1 heterocycles. The smallest absolute Gasteiger partial charge is 0.319 e. The molecule has 1 saturated heterocycles. The lowest BCUT2D eigenvalue weighted by Gasteiger charge is -2.38. The van der Waals surface area contributed by atoms with E-state index in [0.29, 0.717) is 32.0 Å². The van der Waals surface area contributed by atoms with Crippen molar-refractivity contribution in [2.45, 2.75) is 57.1 Å². The zero-order chi connectivity index (χ0) is 18.5. The third-order valence-corrected chi connectivity index (χ3v) is 5.49. The van der Waals surface area contributed by atoms with Gasteiger partial charge in [0.15, 0.2) is 11.6 Å². The molecule has 0 bridgehead atoms. The van der Waals surface area contributed by atoms with E-state index < -0.39 is 5.82 Å². The third kappa shape index (κ3) is 4.27. The van der Waals surface area contributed by atoms with Gasteiger partial charge in [0.25, 0.3) is 0 Å². The lowest BCUT2D eigenvalue weighted by atomic mass is 9.94. The fourth-order valence-corrected chi connectivity index (χ4v) is 3.86. The van der Waals surface area contributed by atoms with Gasteiger partial charge >= 0.3 is 6.03 Å². The molecule has 0 unspecified atom stereocenters. The van der Waals surface area contributed by atoms with Gasteiger partial charge in [0.05, 0.1) is 11.6 Å². The minimum absolute atomic E-state index is 0.0971. The number of hydrogen-bond acceptors (Lipinski definition) is 3. The van der Waals surface area contributed by atoms with Crippen LogP contribution < -0.4 is 4.74 Å². The number of ether oxygens (including phenoxy) is 1. The van der Waals surface area contributed by atoms with E-state index in [4.69, 9.17) is 10.00 Å². The Kier molecular flexibility index (Phi) is 5.97. The maximum Gasteiger partial charge on any atom is 0.319 e. The highest BCUT2D eigenvalue weighted by atomic mass is 19.1. The monoisotopic (exact) mass is 359 g/mol. The highest BCUT2D eigenvalue weighted by Crippen LogP contribution is 2.25. The average molecular weight is 359 g/mol. The van der Waals surface area contributed by atoms with Crippen molar-refractivity contribution in [1.29, 1.82) is 5.26 Å². The molecule has 1 aromatic carbocycles. The number of likely N-dealkylation sites (tertiary alicyclic amines) is 1. The molecular weight excluding hydrogens is 333 g/mol. The Hall–Kier alpha value is -2.29. The summed E-state index contributed by atoms with van der Waals surface area (Å²) in [6.07, 6.45) is 7.13. The molecule has 1 aliphatic heterocycles. The number of halogens is 1. The quantitative estimate of drug-likeness (QED) is 0.822. The highest BCUT2D eigenvalue weighted by molar-refractivity contribution is 5.74. The lowest BCUT2D eigenvalue weighted by Crippen LogP contribution is -2.50. The van der Waals surface area contributed by atoms with E-state index >= 15 is 0 Å². The molecule has 1 aliphatic carbocycles. The van der Waals surface area contributed by atoms with Crippen LogP contribution in [0.15, 0.2) is 18.2 Å². The summed E-state index contributed by atoms with van der Waals surface area (Å²) >= 11 is 0. The zero-order valence-electron chi connectivity index (χ0n) is 15.3. The van der Waals surface area contributed by atoms with Gasteiger partial charge in [-0.3, -0.25) is 0 Å². The first-order valence-corrected chi connectivity index (χ1v) is 9.46. The molecule has 0 aromatic heterocycles. The Morgan fingerprint density at radius 1 is 1.23 bits per heavy atom. The fourth-order valence-electron chi connectivity index (χ4n) is 3.86. The SMILES string of the molecule is CN(C(=O)N1CCC(Oc2ccc(C#N)cc2F)CC1)C1CCCCC1. The number of amides is 2. The van der Waals surface area contributed by atoms with E-state index in [1.165, 1.54) is 31.4 Å². The molecule has 0 atom stereocenters. The second-order valence-electron chi connectivity index (χ2n) is 7.25. The van der Waals surface area contributed by atoms with Crippen molar-refractivity contribution in [2.75, 3.05) is 20.1 Å². The summed E-state index contributed by atoms with van der Waals surface area (Å²) < 4.78 is 19.7. The van der Waals surface area contributed by atoms with E-state index in [9.17, 15) is 9.18 Å². The molecule has 0 N–H and O–H groups in total. The van der Waals surface area contributed by atoms with Gasteiger partial charge in [0.2, 0.25) is 0 Å². The number of rotatable bonds is 3. The van der Waals surface area contributed by atoms with Crippen LogP contribution in [0.1, 0.15) is 50.5 Å². The molecule has 2 aliphatic rings. The van der Waals surface area contributed by atoms with Crippen molar-refractivity contribution < 1.29 is 13.9 Å². The van der Waals surface area contributed by atoms with E-state index in [2.05, 4.69) is 0 Å². The Bertz CT molecular complexity index is 674. The van der Waals surface area contributed by atoms with Gasteiger partial charge in [0.1, 0.15) is 6.10 Å². The molecule has 2 amide bonds. The van der Waals surface area contributed by atoms with Crippen LogP contribution in [0.5, 0.6) is 5.75 Å².